The molecule has 1 saturated carbocycles. The van der Waals surface area contributed by atoms with Gasteiger partial charge in [-0.05, 0) is 85.6 Å². The third-order valence-electron chi connectivity index (χ3n) is 6.94. The van der Waals surface area contributed by atoms with Crippen LogP contribution in [0.5, 0.6) is 5.75 Å². The summed E-state index contributed by atoms with van der Waals surface area (Å²) in [6, 6.07) is 15.0. The Balaban J connectivity index is 1.48. The average molecular weight is 547 g/mol. The monoisotopic (exact) mass is 546 g/mol. The highest BCUT2D eigenvalue weighted by Crippen LogP contribution is 2.31. The number of hydrogen-bond donors (Lipinski definition) is 1. The van der Waals surface area contributed by atoms with Crippen LogP contribution in [0.15, 0.2) is 65.1 Å². The molecule has 10 nitrogen and oxygen atoms in total. The van der Waals surface area contributed by atoms with Crippen LogP contribution in [0.4, 0.5) is 10.1 Å². The molecule has 2 aromatic carbocycles. The molecular formula is C29H31FN6O4. The van der Waals surface area contributed by atoms with Crippen molar-refractivity contribution in [3.05, 3.63) is 78.0 Å². The van der Waals surface area contributed by atoms with Crippen molar-refractivity contribution in [1.82, 2.24) is 25.5 Å². The maximum Gasteiger partial charge on any atom is 0.251 e. The Kier molecular flexibility index (Phi) is 8.18. The van der Waals surface area contributed by atoms with Crippen molar-refractivity contribution in [2.75, 3.05) is 12.0 Å². The van der Waals surface area contributed by atoms with Gasteiger partial charge in [-0.15, -0.1) is 10.2 Å². The number of halogens is 1. The number of furan rings is 1. The molecule has 40 heavy (non-hydrogen) atoms. The fourth-order valence-corrected chi connectivity index (χ4v) is 4.90. The lowest BCUT2D eigenvalue weighted by Crippen LogP contribution is -2.48. The lowest BCUT2D eigenvalue weighted by atomic mass is 9.95. The highest BCUT2D eigenvalue weighted by molar-refractivity contribution is 6.01. The zero-order valence-electron chi connectivity index (χ0n) is 22.4. The van der Waals surface area contributed by atoms with E-state index in [1.54, 1.807) is 50.4 Å². The largest absolute Gasteiger partial charge is 0.497 e. The molecule has 11 heteroatoms. The van der Waals surface area contributed by atoms with Crippen molar-refractivity contribution in [2.24, 2.45) is 0 Å². The molecule has 1 N–H and O–H groups in total. The van der Waals surface area contributed by atoms with Crippen LogP contribution in [0.25, 0.3) is 11.4 Å². The first-order valence-electron chi connectivity index (χ1n) is 13.3. The number of carbonyl (C=O) groups excluding carboxylic acids is 2. The zero-order valence-corrected chi connectivity index (χ0v) is 22.4. The molecule has 2 amide bonds. The van der Waals surface area contributed by atoms with Crippen LogP contribution in [-0.4, -0.2) is 45.2 Å². The Labute approximate surface area is 231 Å². The number of hydrogen-bond acceptors (Lipinski definition) is 7. The molecular weight excluding hydrogens is 515 g/mol. The third kappa shape index (κ3) is 6.19. The van der Waals surface area contributed by atoms with E-state index in [9.17, 15) is 14.0 Å². The van der Waals surface area contributed by atoms with E-state index in [-0.39, 0.29) is 30.1 Å². The number of nitrogens with one attached hydrogen (secondary N) is 1. The quantitative estimate of drug-likeness (QED) is 0.326. The summed E-state index contributed by atoms with van der Waals surface area (Å²) in [6.45, 7) is 1.49. The van der Waals surface area contributed by atoms with Gasteiger partial charge in [0.1, 0.15) is 29.6 Å². The minimum absolute atomic E-state index is 0.0304. The van der Waals surface area contributed by atoms with Crippen molar-refractivity contribution in [1.29, 1.82) is 0 Å². The molecule has 0 radical (unpaired) electrons. The molecule has 4 aromatic rings. The van der Waals surface area contributed by atoms with Crippen molar-refractivity contribution in [3.63, 3.8) is 0 Å². The van der Waals surface area contributed by atoms with E-state index in [0.717, 1.165) is 36.9 Å². The van der Waals surface area contributed by atoms with E-state index < -0.39 is 11.9 Å². The molecule has 1 aliphatic rings. The predicted octanol–water partition coefficient (Wildman–Crippen LogP) is 4.61. The Bertz CT molecular complexity index is 1440. The van der Waals surface area contributed by atoms with Crippen LogP contribution in [0.2, 0.25) is 0 Å². The second kappa shape index (κ2) is 12.1. The Morgan fingerprint density at radius 2 is 1.80 bits per heavy atom. The molecule has 0 unspecified atom stereocenters. The zero-order chi connectivity index (χ0) is 28.1. The van der Waals surface area contributed by atoms with Gasteiger partial charge in [0.05, 0.1) is 7.11 Å². The second-order valence-electron chi connectivity index (χ2n) is 9.81. The predicted molar refractivity (Wildman–Crippen MR) is 145 cm³/mol. The molecule has 1 atom stereocenters. The maximum absolute atomic E-state index is 14.0. The Morgan fingerprint density at radius 3 is 2.45 bits per heavy atom. The summed E-state index contributed by atoms with van der Waals surface area (Å²) in [5, 5.41) is 15.5. The summed E-state index contributed by atoms with van der Waals surface area (Å²) in [6.07, 6.45) is 5.02. The molecule has 2 aromatic heterocycles. The number of ether oxygens (including phenoxy) is 1. The normalized spacial score (nSPS) is 14.5. The number of carbonyl (C=O) groups is 2. The van der Waals surface area contributed by atoms with Gasteiger partial charge in [0, 0.05) is 17.3 Å². The van der Waals surface area contributed by atoms with Crippen LogP contribution in [0.3, 0.4) is 0 Å². The summed E-state index contributed by atoms with van der Waals surface area (Å²) in [5.74, 6) is 0.650. The van der Waals surface area contributed by atoms with E-state index in [0.29, 0.717) is 28.5 Å². The van der Waals surface area contributed by atoms with Gasteiger partial charge in [0.15, 0.2) is 6.04 Å². The van der Waals surface area contributed by atoms with Gasteiger partial charge < -0.3 is 14.5 Å². The van der Waals surface area contributed by atoms with E-state index in [1.165, 1.54) is 29.2 Å². The van der Waals surface area contributed by atoms with E-state index >= 15 is 0 Å². The number of anilines is 1. The number of aryl methyl sites for hydroxylation is 1. The molecule has 1 aliphatic carbocycles. The number of aromatic nitrogens is 4. The van der Waals surface area contributed by atoms with Crippen LogP contribution in [0.1, 0.15) is 49.7 Å². The summed E-state index contributed by atoms with van der Waals surface area (Å²) < 4.78 is 24.6. The van der Waals surface area contributed by atoms with Gasteiger partial charge in [0.25, 0.3) is 11.8 Å². The van der Waals surface area contributed by atoms with Gasteiger partial charge in [-0.1, -0.05) is 19.3 Å². The number of nitrogens with zero attached hydrogens (tertiary/aromatic N) is 5. The van der Waals surface area contributed by atoms with E-state index in [2.05, 4.69) is 20.7 Å². The first-order chi connectivity index (χ1) is 19.4. The molecule has 0 saturated heterocycles. The van der Waals surface area contributed by atoms with Crippen molar-refractivity contribution in [3.8, 4) is 17.1 Å². The minimum atomic E-state index is -1.07. The smallest absolute Gasteiger partial charge is 0.251 e. The Hall–Kier alpha value is -4.54. The molecule has 0 spiro atoms. The summed E-state index contributed by atoms with van der Waals surface area (Å²) >= 11 is 0. The van der Waals surface area contributed by atoms with Gasteiger partial charge in [-0.25, -0.2) is 4.39 Å². The third-order valence-corrected chi connectivity index (χ3v) is 6.94. The average Bonchev–Trinajstić information content (AvgIpc) is 3.61. The topological polar surface area (TPSA) is 115 Å². The summed E-state index contributed by atoms with van der Waals surface area (Å²) in [5.41, 5.74) is 1.03. The number of methoxy groups -OCH3 is 1. The maximum atomic E-state index is 14.0. The molecule has 2 heterocycles. The first-order valence-corrected chi connectivity index (χ1v) is 13.3. The van der Waals surface area contributed by atoms with Gasteiger partial charge in [-0.2, -0.15) is 4.80 Å². The van der Waals surface area contributed by atoms with Crippen LogP contribution >= 0.6 is 0 Å². The molecule has 208 valence electrons. The van der Waals surface area contributed by atoms with E-state index in [1.807, 2.05) is 0 Å². The first kappa shape index (κ1) is 27.0. The van der Waals surface area contributed by atoms with Gasteiger partial charge >= 0.3 is 0 Å². The number of tetrazole rings is 1. The van der Waals surface area contributed by atoms with Crippen molar-refractivity contribution >= 4 is 17.5 Å². The van der Waals surface area contributed by atoms with E-state index in [4.69, 9.17) is 9.15 Å². The Morgan fingerprint density at radius 1 is 1.07 bits per heavy atom. The van der Waals surface area contributed by atoms with Crippen LogP contribution in [-0.2, 0) is 16.1 Å². The minimum Gasteiger partial charge on any atom is -0.497 e. The fourth-order valence-electron chi connectivity index (χ4n) is 4.90. The number of amides is 2. The standard InChI is InChI=1S/C29H31FN6O4/c1-19-8-17-25(40-19)27(29(38)31-22-6-4-3-5-7-22)36(23-13-15-24(39-2)16-14-23)26(37)18-35-33-28(32-34-35)20-9-11-21(30)12-10-20/h8-17,22,27H,3-7,18H2,1-2H3,(H,31,38)/t27-/m1/s1. The lowest BCUT2D eigenvalue weighted by molar-refractivity contribution is -0.128. The second-order valence-corrected chi connectivity index (χ2v) is 9.81. The highest BCUT2D eigenvalue weighted by atomic mass is 19.1. The van der Waals surface area contributed by atoms with Gasteiger partial charge in [0.2, 0.25) is 5.82 Å². The fraction of sp³-hybridized carbons (Fsp3) is 0.345. The molecule has 5 rings (SSSR count). The molecule has 0 aliphatic heterocycles. The highest BCUT2D eigenvalue weighted by Gasteiger charge is 2.36. The number of benzene rings is 2. The van der Waals surface area contributed by atoms with Crippen molar-refractivity contribution in [2.45, 2.75) is 57.7 Å². The molecule has 1 fully saturated rings. The molecule has 0 bridgehead atoms. The van der Waals surface area contributed by atoms with Crippen molar-refractivity contribution < 1.29 is 23.1 Å². The lowest BCUT2D eigenvalue weighted by Gasteiger charge is -2.32. The number of rotatable bonds is 9. The SMILES string of the molecule is COc1ccc(N(C(=O)Cn2nnc(-c3ccc(F)cc3)n2)[C@@H](C(=O)NC2CCCCC2)c2ccc(C)o2)cc1. The van der Waals surface area contributed by atoms with Crippen LogP contribution < -0.4 is 15.0 Å². The van der Waals surface area contributed by atoms with Gasteiger partial charge in [-0.3, -0.25) is 14.5 Å². The summed E-state index contributed by atoms with van der Waals surface area (Å²) in [4.78, 5) is 30.4. The van der Waals surface area contributed by atoms with Crippen LogP contribution in [0, 0.1) is 12.7 Å². The summed E-state index contributed by atoms with van der Waals surface area (Å²) in [7, 11) is 1.55.